The van der Waals surface area contributed by atoms with E-state index in [1.165, 1.54) is 0 Å². The van der Waals surface area contributed by atoms with Crippen molar-refractivity contribution >= 4 is 29.1 Å². The van der Waals surface area contributed by atoms with Crippen LogP contribution in [0.5, 0.6) is 0 Å². The predicted octanol–water partition coefficient (Wildman–Crippen LogP) is 3.43. The molecule has 3 aromatic rings. The Morgan fingerprint density at radius 1 is 1.22 bits per heavy atom. The van der Waals surface area contributed by atoms with Crippen LogP contribution in [0.25, 0.3) is 5.78 Å². The number of imidazole rings is 1. The number of aromatic nitrogens is 3. The SMILES string of the molecule is Cc1nc2ncccn2c1C(=O)N1CCC[C@H](C(=O)c2ccc(Cl)cc2)C1. The Hall–Kier alpha value is -2.73. The zero-order valence-electron chi connectivity index (χ0n) is 14.9. The summed E-state index contributed by atoms with van der Waals surface area (Å²) in [5.41, 5.74) is 1.79. The van der Waals surface area contributed by atoms with Gasteiger partial charge in [0.05, 0.1) is 5.69 Å². The molecule has 138 valence electrons. The monoisotopic (exact) mass is 382 g/mol. The fraction of sp³-hybridized carbons (Fsp3) is 0.300. The first kappa shape index (κ1) is 17.7. The molecule has 0 aliphatic carbocycles. The molecule has 7 heteroatoms. The van der Waals surface area contributed by atoms with Crippen LogP contribution in [0, 0.1) is 12.8 Å². The van der Waals surface area contributed by atoms with Crippen LogP contribution in [0.3, 0.4) is 0 Å². The van der Waals surface area contributed by atoms with Gasteiger partial charge in [-0.05, 0) is 50.1 Å². The molecule has 0 bridgehead atoms. The molecule has 1 aliphatic rings. The average molecular weight is 383 g/mol. The molecule has 3 heterocycles. The fourth-order valence-corrected chi connectivity index (χ4v) is 3.76. The second-order valence-corrected chi connectivity index (χ2v) is 7.23. The predicted molar refractivity (Wildman–Crippen MR) is 102 cm³/mol. The normalized spacial score (nSPS) is 17.3. The highest BCUT2D eigenvalue weighted by Crippen LogP contribution is 2.24. The molecule has 27 heavy (non-hydrogen) atoms. The van der Waals surface area contributed by atoms with Crippen LogP contribution in [-0.4, -0.2) is 44.0 Å². The standard InChI is InChI=1S/C20H19ClN4O2/c1-13-17(25-11-3-9-22-20(25)23-13)19(27)24-10-2-4-15(12-24)18(26)14-5-7-16(21)8-6-14/h3,5-9,11,15H,2,4,10,12H2,1H3/t15-/m0/s1. The summed E-state index contributed by atoms with van der Waals surface area (Å²) in [7, 11) is 0. The van der Waals surface area contributed by atoms with Crippen molar-refractivity contribution in [3.05, 3.63) is 64.7 Å². The number of ketones is 1. The van der Waals surface area contributed by atoms with Gasteiger partial charge in [0.15, 0.2) is 5.78 Å². The quantitative estimate of drug-likeness (QED) is 0.651. The van der Waals surface area contributed by atoms with Crippen molar-refractivity contribution in [2.75, 3.05) is 13.1 Å². The van der Waals surface area contributed by atoms with Crippen molar-refractivity contribution in [1.82, 2.24) is 19.3 Å². The van der Waals surface area contributed by atoms with E-state index in [9.17, 15) is 9.59 Å². The van der Waals surface area contributed by atoms with Crippen LogP contribution in [-0.2, 0) is 0 Å². The van der Waals surface area contributed by atoms with Crippen LogP contribution >= 0.6 is 11.6 Å². The third-order valence-corrected chi connectivity index (χ3v) is 5.24. The topological polar surface area (TPSA) is 67.6 Å². The van der Waals surface area contributed by atoms with Gasteiger partial charge in [-0.1, -0.05) is 11.6 Å². The summed E-state index contributed by atoms with van der Waals surface area (Å²) in [6.45, 7) is 2.85. The number of rotatable bonds is 3. The van der Waals surface area contributed by atoms with Gasteiger partial charge in [-0.2, -0.15) is 0 Å². The second-order valence-electron chi connectivity index (χ2n) is 6.80. The Balaban J connectivity index is 1.57. The Morgan fingerprint density at radius 3 is 2.78 bits per heavy atom. The van der Waals surface area contributed by atoms with Crippen LogP contribution in [0.2, 0.25) is 5.02 Å². The number of Topliss-reactive ketones (excluding diaryl/α,β-unsaturated/α-hetero) is 1. The van der Waals surface area contributed by atoms with Crippen molar-refractivity contribution in [2.24, 2.45) is 5.92 Å². The Labute approximate surface area is 161 Å². The first-order valence-corrected chi connectivity index (χ1v) is 9.31. The first-order valence-electron chi connectivity index (χ1n) is 8.93. The molecule has 2 aromatic heterocycles. The van der Waals surface area contributed by atoms with Gasteiger partial charge in [0.25, 0.3) is 5.91 Å². The van der Waals surface area contributed by atoms with Crippen molar-refractivity contribution < 1.29 is 9.59 Å². The number of carbonyl (C=O) groups excluding carboxylic acids is 2. The summed E-state index contributed by atoms with van der Waals surface area (Å²) in [4.78, 5) is 36.3. The van der Waals surface area contributed by atoms with E-state index in [1.54, 1.807) is 52.0 Å². The fourth-order valence-electron chi connectivity index (χ4n) is 3.63. The number of benzene rings is 1. The molecule has 0 radical (unpaired) electrons. The highest BCUT2D eigenvalue weighted by atomic mass is 35.5. The summed E-state index contributed by atoms with van der Waals surface area (Å²) in [6, 6.07) is 8.69. The van der Waals surface area contributed by atoms with Gasteiger partial charge in [-0.3, -0.25) is 14.0 Å². The smallest absolute Gasteiger partial charge is 0.272 e. The number of fused-ring (bicyclic) bond motifs is 1. The molecule has 1 amide bonds. The van der Waals surface area contributed by atoms with E-state index >= 15 is 0 Å². The Bertz CT molecular complexity index is 1010. The molecular weight excluding hydrogens is 364 g/mol. The van der Waals surface area contributed by atoms with Crippen LogP contribution < -0.4 is 0 Å². The minimum Gasteiger partial charge on any atom is -0.337 e. The largest absolute Gasteiger partial charge is 0.337 e. The van der Waals surface area contributed by atoms with Crippen molar-refractivity contribution in [2.45, 2.75) is 19.8 Å². The zero-order chi connectivity index (χ0) is 19.0. The minimum atomic E-state index is -0.207. The minimum absolute atomic E-state index is 0.0562. The number of hydrogen-bond acceptors (Lipinski definition) is 4. The van der Waals surface area contributed by atoms with Gasteiger partial charge in [0.1, 0.15) is 5.69 Å². The van der Waals surface area contributed by atoms with E-state index < -0.39 is 0 Å². The highest BCUT2D eigenvalue weighted by Gasteiger charge is 2.31. The maximum absolute atomic E-state index is 13.2. The van der Waals surface area contributed by atoms with E-state index in [0.717, 1.165) is 12.8 Å². The third kappa shape index (κ3) is 3.32. The van der Waals surface area contributed by atoms with E-state index in [-0.39, 0.29) is 17.6 Å². The number of halogens is 1. The molecule has 4 rings (SSSR count). The molecule has 6 nitrogen and oxygen atoms in total. The first-order chi connectivity index (χ1) is 13.0. The van der Waals surface area contributed by atoms with E-state index in [4.69, 9.17) is 11.6 Å². The summed E-state index contributed by atoms with van der Waals surface area (Å²) in [5, 5.41) is 0.601. The molecule has 1 fully saturated rings. The summed E-state index contributed by atoms with van der Waals surface area (Å²) in [6.07, 6.45) is 5.01. The van der Waals surface area contributed by atoms with Gasteiger partial charge in [0.2, 0.25) is 5.78 Å². The number of likely N-dealkylation sites (tertiary alicyclic amines) is 1. The molecule has 0 spiro atoms. The van der Waals surface area contributed by atoms with E-state index in [1.807, 2.05) is 6.92 Å². The summed E-state index contributed by atoms with van der Waals surface area (Å²) in [5.74, 6) is 0.243. The van der Waals surface area contributed by atoms with Crippen molar-refractivity contribution in [3.8, 4) is 0 Å². The van der Waals surface area contributed by atoms with Gasteiger partial charge in [-0.15, -0.1) is 0 Å². The van der Waals surface area contributed by atoms with Crippen molar-refractivity contribution in [3.63, 3.8) is 0 Å². The zero-order valence-corrected chi connectivity index (χ0v) is 15.7. The highest BCUT2D eigenvalue weighted by molar-refractivity contribution is 6.30. The number of carbonyl (C=O) groups is 2. The van der Waals surface area contributed by atoms with Gasteiger partial charge in [0, 0.05) is 42.0 Å². The van der Waals surface area contributed by atoms with Gasteiger partial charge in [-0.25, -0.2) is 9.97 Å². The molecule has 0 saturated carbocycles. The molecule has 1 aromatic carbocycles. The number of aryl methyl sites for hydroxylation is 1. The van der Waals surface area contributed by atoms with E-state index in [2.05, 4.69) is 9.97 Å². The number of hydrogen-bond donors (Lipinski definition) is 0. The lowest BCUT2D eigenvalue weighted by Crippen LogP contribution is -2.43. The number of nitrogens with zero attached hydrogens (tertiary/aromatic N) is 4. The molecular formula is C20H19ClN4O2. The Morgan fingerprint density at radius 2 is 2.00 bits per heavy atom. The lowest BCUT2D eigenvalue weighted by atomic mass is 9.90. The molecule has 1 saturated heterocycles. The molecule has 0 unspecified atom stereocenters. The lowest BCUT2D eigenvalue weighted by Gasteiger charge is -2.32. The summed E-state index contributed by atoms with van der Waals surface area (Å²) >= 11 is 5.91. The van der Waals surface area contributed by atoms with Crippen LogP contribution in [0.1, 0.15) is 39.4 Å². The molecule has 1 aliphatic heterocycles. The van der Waals surface area contributed by atoms with Crippen LogP contribution in [0.15, 0.2) is 42.7 Å². The van der Waals surface area contributed by atoms with Crippen LogP contribution in [0.4, 0.5) is 0 Å². The Kier molecular flexibility index (Phi) is 4.66. The second kappa shape index (κ2) is 7.12. The average Bonchev–Trinajstić information content (AvgIpc) is 3.03. The molecule has 1 atom stereocenters. The summed E-state index contributed by atoms with van der Waals surface area (Å²) < 4.78 is 1.71. The maximum atomic E-state index is 13.2. The lowest BCUT2D eigenvalue weighted by molar-refractivity contribution is 0.0630. The van der Waals surface area contributed by atoms with Gasteiger partial charge >= 0.3 is 0 Å². The third-order valence-electron chi connectivity index (χ3n) is 4.99. The maximum Gasteiger partial charge on any atom is 0.272 e. The number of amides is 1. The van der Waals surface area contributed by atoms with Crippen molar-refractivity contribution in [1.29, 1.82) is 0 Å². The number of piperidine rings is 1. The van der Waals surface area contributed by atoms with Gasteiger partial charge < -0.3 is 4.90 Å². The van der Waals surface area contributed by atoms with E-state index in [0.29, 0.717) is 40.8 Å². The molecule has 0 N–H and O–H groups in total.